The molecule has 4 nitrogen and oxygen atoms in total. The second-order valence-electron chi connectivity index (χ2n) is 4.00. The molecule has 1 heterocycles. The molecule has 88 valence electrons. The first-order valence-electron chi connectivity index (χ1n) is 4.82. The second-order valence-corrected chi connectivity index (χ2v) is 6.46. The fraction of sp³-hybridized carbons (Fsp3) is 0.889. The number of hydrogen-bond acceptors (Lipinski definition) is 5. The fourth-order valence-electron chi connectivity index (χ4n) is 0.989. The van der Waals surface area contributed by atoms with Crippen molar-refractivity contribution in [1.29, 1.82) is 0 Å². The van der Waals surface area contributed by atoms with Crippen LogP contribution in [0.2, 0.25) is 0 Å². The summed E-state index contributed by atoms with van der Waals surface area (Å²) in [6.45, 7) is 3.36. The van der Waals surface area contributed by atoms with E-state index in [-0.39, 0.29) is 17.8 Å². The molecule has 1 aliphatic rings. The van der Waals surface area contributed by atoms with E-state index >= 15 is 0 Å². The van der Waals surface area contributed by atoms with Crippen LogP contribution in [0, 0.1) is 0 Å². The summed E-state index contributed by atoms with van der Waals surface area (Å²) in [6.07, 6.45) is 0. The van der Waals surface area contributed by atoms with E-state index in [0.29, 0.717) is 0 Å². The summed E-state index contributed by atoms with van der Waals surface area (Å²) in [5, 5.41) is 9.33. The van der Waals surface area contributed by atoms with Gasteiger partial charge in [0.1, 0.15) is 6.61 Å². The maximum Gasteiger partial charge on any atom is 0.257 e. The molecule has 2 N–H and O–H groups in total. The molecular formula is C9H17NO3S2. The molecule has 0 aromatic carbocycles. The van der Waals surface area contributed by atoms with E-state index in [1.54, 1.807) is 37.4 Å². The number of hydroxylamine groups is 1. The van der Waals surface area contributed by atoms with Gasteiger partial charge in [-0.2, -0.15) is 11.8 Å². The number of hydrogen-bond donors (Lipinski definition) is 2. The van der Waals surface area contributed by atoms with Crippen molar-refractivity contribution in [3.8, 4) is 0 Å². The molecule has 0 aliphatic carbocycles. The van der Waals surface area contributed by atoms with Gasteiger partial charge in [0.2, 0.25) is 0 Å². The molecule has 1 aliphatic heterocycles. The largest absolute Gasteiger partial charge is 0.388 e. The third-order valence-electron chi connectivity index (χ3n) is 1.71. The SMILES string of the molecule is CC(C)(O)CONC(=O)C1CSCCS1. The first kappa shape index (κ1) is 13.2. The molecule has 1 rings (SSSR count). The van der Waals surface area contributed by atoms with Crippen LogP contribution in [0.3, 0.4) is 0 Å². The predicted octanol–water partition coefficient (Wildman–Crippen LogP) is 0.654. The van der Waals surface area contributed by atoms with Gasteiger partial charge in [-0.1, -0.05) is 0 Å². The lowest BCUT2D eigenvalue weighted by Gasteiger charge is -2.21. The highest BCUT2D eigenvalue weighted by Crippen LogP contribution is 2.23. The van der Waals surface area contributed by atoms with Crippen molar-refractivity contribution in [3.05, 3.63) is 0 Å². The number of amides is 1. The Kier molecular flexibility index (Phi) is 5.25. The van der Waals surface area contributed by atoms with E-state index in [9.17, 15) is 9.90 Å². The molecule has 1 atom stereocenters. The molecule has 1 unspecified atom stereocenters. The zero-order chi connectivity index (χ0) is 11.3. The summed E-state index contributed by atoms with van der Waals surface area (Å²) in [7, 11) is 0. The van der Waals surface area contributed by atoms with E-state index in [1.807, 2.05) is 0 Å². The van der Waals surface area contributed by atoms with Crippen LogP contribution in [-0.4, -0.2) is 45.7 Å². The Hall–Kier alpha value is 0.0900. The van der Waals surface area contributed by atoms with Gasteiger partial charge in [0, 0.05) is 17.3 Å². The molecule has 0 aromatic heterocycles. The number of aliphatic hydroxyl groups is 1. The van der Waals surface area contributed by atoms with Crippen LogP contribution in [0.5, 0.6) is 0 Å². The second kappa shape index (κ2) is 5.98. The van der Waals surface area contributed by atoms with Crippen LogP contribution < -0.4 is 5.48 Å². The quantitative estimate of drug-likeness (QED) is 0.719. The molecule has 15 heavy (non-hydrogen) atoms. The average Bonchev–Trinajstić information content (AvgIpc) is 2.17. The van der Waals surface area contributed by atoms with E-state index < -0.39 is 5.60 Å². The predicted molar refractivity (Wildman–Crippen MR) is 64.0 cm³/mol. The molecule has 1 saturated heterocycles. The van der Waals surface area contributed by atoms with Crippen molar-refractivity contribution in [2.24, 2.45) is 0 Å². The van der Waals surface area contributed by atoms with Crippen LogP contribution in [-0.2, 0) is 9.63 Å². The third-order valence-corrected chi connectivity index (χ3v) is 4.46. The summed E-state index contributed by atoms with van der Waals surface area (Å²) >= 11 is 3.44. The minimum Gasteiger partial charge on any atom is -0.388 e. The Morgan fingerprint density at radius 2 is 2.33 bits per heavy atom. The van der Waals surface area contributed by atoms with Crippen LogP contribution in [0.15, 0.2) is 0 Å². The zero-order valence-corrected chi connectivity index (χ0v) is 10.6. The maximum absolute atomic E-state index is 11.5. The van der Waals surface area contributed by atoms with Crippen molar-refractivity contribution in [2.75, 3.05) is 23.9 Å². The fourth-order valence-corrected chi connectivity index (χ4v) is 3.53. The zero-order valence-electron chi connectivity index (χ0n) is 8.99. The Bertz CT molecular complexity index is 212. The smallest absolute Gasteiger partial charge is 0.257 e. The van der Waals surface area contributed by atoms with Crippen molar-refractivity contribution in [1.82, 2.24) is 5.48 Å². The van der Waals surface area contributed by atoms with Gasteiger partial charge >= 0.3 is 0 Å². The molecule has 1 amide bonds. The first-order chi connectivity index (χ1) is 6.99. The van der Waals surface area contributed by atoms with Gasteiger partial charge in [0.05, 0.1) is 10.9 Å². The van der Waals surface area contributed by atoms with Crippen LogP contribution in [0.4, 0.5) is 0 Å². The highest BCUT2D eigenvalue weighted by molar-refractivity contribution is 8.07. The summed E-state index contributed by atoms with van der Waals surface area (Å²) in [5.74, 6) is 2.85. The highest BCUT2D eigenvalue weighted by Gasteiger charge is 2.23. The van der Waals surface area contributed by atoms with Gasteiger partial charge in [0.15, 0.2) is 0 Å². The average molecular weight is 251 g/mol. The lowest BCUT2D eigenvalue weighted by molar-refractivity contribution is -0.138. The summed E-state index contributed by atoms with van der Waals surface area (Å²) in [4.78, 5) is 16.5. The van der Waals surface area contributed by atoms with Gasteiger partial charge in [-0.05, 0) is 13.8 Å². The van der Waals surface area contributed by atoms with Gasteiger partial charge in [-0.15, -0.1) is 11.8 Å². The van der Waals surface area contributed by atoms with Crippen LogP contribution in [0.25, 0.3) is 0 Å². The summed E-state index contributed by atoms with van der Waals surface area (Å²) in [5.41, 5.74) is 1.46. The Balaban J connectivity index is 2.17. The van der Waals surface area contributed by atoms with Crippen molar-refractivity contribution >= 4 is 29.4 Å². The molecule has 0 aromatic rings. The lowest BCUT2D eigenvalue weighted by Crippen LogP contribution is -2.39. The standard InChI is InChI=1S/C9H17NO3S2/c1-9(2,12)6-13-10-8(11)7-5-14-3-4-15-7/h7,12H,3-6H2,1-2H3,(H,10,11). The first-order valence-corrected chi connectivity index (χ1v) is 7.03. The summed E-state index contributed by atoms with van der Waals surface area (Å²) in [6, 6.07) is 0. The Morgan fingerprint density at radius 1 is 1.60 bits per heavy atom. The summed E-state index contributed by atoms with van der Waals surface area (Å²) < 4.78 is 0. The van der Waals surface area contributed by atoms with Crippen LogP contribution >= 0.6 is 23.5 Å². The number of nitrogens with one attached hydrogen (secondary N) is 1. The normalized spacial score (nSPS) is 22.5. The van der Waals surface area contributed by atoms with Gasteiger partial charge in [0.25, 0.3) is 5.91 Å². The highest BCUT2D eigenvalue weighted by atomic mass is 32.2. The molecular weight excluding hydrogens is 234 g/mol. The molecule has 6 heteroatoms. The molecule has 0 bridgehead atoms. The molecule has 0 radical (unpaired) electrons. The Morgan fingerprint density at radius 3 is 2.87 bits per heavy atom. The van der Waals surface area contributed by atoms with E-state index in [0.717, 1.165) is 17.3 Å². The van der Waals surface area contributed by atoms with Gasteiger partial charge in [-0.25, -0.2) is 5.48 Å². The van der Waals surface area contributed by atoms with Gasteiger partial charge < -0.3 is 5.11 Å². The number of thioether (sulfide) groups is 2. The number of carbonyl (C=O) groups is 1. The number of rotatable bonds is 4. The molecule has 0 saturated carbocycles. The van der Waals surface area contributed by atoms with Crippen molar-refractivity contribution in [2.45, 2.75) is 24.7 Å². The monoisotopic (exact) mass is 251 g/mol. The third kappa shape index (κ3) is 5.65. The molecule has 1 fully saturated rings. The lowest BCUT2D eigenvalue weighted by atomic mass is 10.2. The van der Waals surface area contributed by atoms with E-state index in [1.165, 1.54) is 0 Å². The topological polar surface area (TPSA) is 58.6 Å². The van der Waals surface area contributed by atoms with E-state index in [4.69, 9.17) is 4.84 Å². The minimum atomic E-state index is -0.915. The van der Waals surface area contributed by atoms with Crippen LogP contribution in [0.1, 0.15) is 13.8 Å². The number of carbonyl (C=O) groups excluding carboxylic acids is 1. The maximum atomic E-state index is 11.5. The van der Waals surface area contributed by atoms with Crippen molar-refractivity contribution in [3.63, 3.8) is 0 Å². The van der Waals surface area contributed by atoms with Crippen molar-refractivity contribution < 1.29 is 14.7 Å². The van der Waals surface area contributed by atoms with E-state index in [2.05, 4.69) is 5.48 Å². The minimum absolute atomic E-state index is 0.0226. The van der Waals surface area contributed by atoms with Gasteiger partial charge in [-0.3, -0.25) is 9.63 Å². The Labute approximate surface area is 98.5 Å². The molecule has 0 spiro atoms.